The van der Waals surface area contributed by atoms with Gasteiger partial charge in [0, 0.05) is 11.5 Å². The number of nitrogens with zero attached hydrogens (tertiary/aromatic N) is 2. The highest BCUT2D eigenvalue weighted by Gasteiger charge is 2.24. The van der Waals surface area contributed by atoms with Crippen molar-refractivity contribution in [2.75, 3.05) is 0 Å². The molecule has 0 saturated heterocycles. The number of aryl methyl sites for hydroxylation is 2. The fourth-order valence-corrected chi connectivity index (χ4v) is 2.38. The van der Waals surface area contributed by atoms with Crippen LogP contribution in [0.5, 0.6) is 0 Å². The predicted octanol–water partition coefficient (Wildman–Crippen LogP) is 2.86. The van der Waals surface area contributed by atoms with Crippen molar-refractivity contribution in [2.45, 2.75) is 46.0 Å². The van der Waals surface area contributed by atoms with E-state index in [1.165, 1.54) is 19.3 Å². The lowest BCUT2D eigenvalue weighted by molar-refractivity contribution is 0.0888. The third-order valence-corrected chi connectivity index (χ3v) is 3.34. The smallest absolute Gasteiger partial charge is 0.167 e. The molecule has 1 aromatic heterocycles. The summed E-state index contributed by atoms with van der Waals surface area (Å²) in [5.41, 5.74) is 2.37. The molecule has 1 aliphatic rings. The Morgan fingerprint density at radius 1 is 1.19 bits per heavy atom. The number of Topliss-reactive ketones (excluding diaryl/α,β-unsaturated/α-hetero) is 1. The minimum Gasteiger partial charge on any atom is -0.294 e. The second-order valence-electron chi connectivity index (χ2n) is 4.68. The summed E-state index contributed by atoms with van der Waals surface area (Å²) in [5, 5.41) is 7.99. The highest BCUT2D eigenvalue weighted by Crippen LogP contribution is 2.27. The van der Waals surface area contributed by atoms with E-state index in [4.69, 9.17) is 0 Å². The summed E-state index contributed by atoms with van der Waals surface area (Å²) in [4.78, 5) is 12.3. The Hall–Kier alpha value is -1.25. The van der Waals surface area contributed by atoms with E-state index < -0.39 is 0 Å². The van der Waals surface area contributed by atoms with Crippen LogP contribution in [-0.4, -0.2) is 16.0 Å². The molecule has 0 bridgehead atoms. The summed E-state index contributed by atoms with van der Waals surface area (Å²) >= 11 is 0. The van der Waals surface area contributed by atoms with E-state index >= 15 is 0 Å². The SMILES string of the molecule is Cc1cc(C(=O)C2CCCCC2)c(C)nn1. The average Bonchev–Trinajstić information content (AvgIpc) is 2.32. The molecule has 0 unspecified atom stereocenters. The second kappa shape index (κ2) is 4.73. The van der Waals surface area contributed by atoms with E-state index in [0.29, 0.717) is 0 Å². The van der Waals surface area contributed by atoms with Crippen LogP contribution in [0.3, 0.4) is 0 Å². The number of aromatic nitrogens is 2. The Morgan fingerprint density at radius 2 is 1.88 bits per heavy atom. The summed E-state index contributed by atoms with van der Waals surface area (Å²) in [6.07, 6.45) is 5.73. The van der Waals surface area contributed by atoms with Gasteiger partial charge < -0.3 is 0 Å². The van der Waals surface area contributed by atoms with Gasteiger partial charge in [-0.25, -0.2) is 0 Å². The van der Waals surface area contributed by atoms with Crippen LogP contribution in [0.2, 0.25) is 0 Å². The van der Waals surface area contributed by atoms with Crippen LogP contribution < -0.4 is 0 Å². The molecule has 3 nitrogen and oxygen atoms in total. The summed E-state index contributed by atoms with van der Waals surface area (Å²) in [6.45, 7) is 3.74. The van der Waals surface area contributed by atoms with Crippen LogP contribution >= 0.6 is 0 Å². The number of hydrogen-bond acceptors (Lipinski definition) is 3. The summed E-state index contributed by atoms with van der Waals surface area (Å²) in [7, 11) is 0. The van der Waals surface area contributed by atoms with Crippen LogP contribution in [0.4, 0.5) is 0 Å². The van der Waals surface area contributed by atoms with Crippen LogP contribution in [0, 0.1) is 19.8 Å². The normalized spacial score (nSPS) is 17.4. The first kappa shape index (κ1) is 11.2. The Bertz CT molecular complexity index is 395. The molecule has 3 heteroatoms. The van der Waals surface area contributed by atoms with Gasteiger partial charge in [-0.3, -0.25) is 4.79 Å². The molecule has 0 amide bonds. The number of hydrogen-bond donors (Lipinski definition) is 0. The molecule has 0 aliphatic heterocycles. The van der Waals surface area contributed by atoms with Gasteiger partial charge in [0.05, 0.1) is 11.4 Å². The highest BCUT2D eigenvalue weighted by atomic mass is 16.1. The van der Waals surface area contributed by atoms with Crippen molar-refractivity contribution in [3.05, 3.63) is 23.0 Å². The molecule has 1 aliphatic carbocycles. The maximum atomic E-state index is 12.3. The minimum atomic E-state index is 0.219. The molecule has 0 radical (unpaired) electrons. The van der Waals surface area contributed by atoms with Crippen molar-refractivity contribution < 1.29 is 4.79 Å². The average molecular weight is 218 g/mol. The van der Waals surface area contributed by atoms with E-state index in [-0.39, 0.29) is 11.7 Å². The van der Waals surface area contributed by atoms with Gasteiger partial charge in [0.25, 0.3) is 0 Å². The fourth-order valence-electron chi connectivity index (χ4n) is 2.38. The van der Waals surface area contributed by atoms with Gasteiger partial charge in [-0.2, -0.15) is 10.2 Å². The molecule has 0 aromatic carbocycles. The molecule has 1 saturated carbocycles. The molecule has 86 valence electrons. The van der Waals surface area contributed by atoms with Crippen molar-refractivity contribution in [2.24, 2.45) is 5.92 Å². The van der Waals surface area contributed by atoms with Gasteiger partial charge in [-0.15, -0.1) is 0 Å². The Kier molecular flexibility index (Phi) is 3.32. The zero-order valence-corrected chi connectivity index (χ0v) is 9.99. The van der Waals surface area contributed by atoms with Gasteiger partial charge in [-0.1, -0.05) is 19.3 Å². The zero-order valence-electron chi connectivity index (χ0n) is 9.99. The van der Waals surface area contributed by atoms with E-state index in [1.54, 1.807) is 0 Å². The van der Waals surface area contributed by atoms with Gasteiger partial charge in [0.15, 0.2) is 5.78 Å². The molecule has 1 fully saturated rings. The van der Waals surface area contributed by atoms with Crippen LogP contribution in [0.25, 0.3) is 0 Å². The van der Waals surface area contributed by atoms with Gasteiger partial charge in [-0.05, 0) is 32.8 Å². The molecule has 1 aromatic rings. The molecule has 0 atom stereocenters. The minimum absolute atomic E-state index is 0.219. The van der Waals surface area contributed by atoms with Gasteiger partial charge in [0.1, 0.15) is 0 Å². The standard InChI is InChI=1S/C13H18N2O/c1-9-8-12(10(2)15-14-9)13(16)11-6-4-3-5-7-11/h8,11H,3-7H2,1-2H3. The molecular weight excluding hydrogens is 200 g/mol. The maximum absolute atomic E-state index is 12.3. The number of ketones is 1. The van der Waals surface area contributed by atoms with Crippen LogP contribution in [0.1, 0.15) is 53.8 Å². The third kappa shape index (κ3) is 2.29. The lowest BCUT2D eigenvalue weighted by atomic mass is 9.83. The summed E-state index contributed by atoms with van der Waals surface area (Å²) in [6, 6.07) is 1.87. The van der Waals surface area contributed by atoms with Crippen molar-refractivity contribution in [1.29, 1.82) is 0 Å². The Labute approximate surface area is 96.3 Å². The first-order valence-corrected chi connectivity index (χ1v) is 6.03. The Balaban J connectivity index is 2.22. The van der Waals surface area contributed by atoms with Crippen molar-refractivity contribution in [3.8, 4) is 0 Å². The molecule has 1 heterocycles. The summed E-state index contributed by atoms with van der Waals surface area (Å²) < 4.78 is 0. The van der Waals surface area contributed by atoms with E-state index in [9.17, 15) is 4.79 Å². The third-order valence-electron chi connectivity index (χ3n) is 3.34. The summed E-state index contributed by atoms with van der Waals surface area (Å²) in [5.74, 6) is 0.492. The van der Waals surface area contributed by atoms with Crippen molar-refractivity contribution in [1.82, 2.24) is 10.2 Å². The molecule has 0 spiro atoms. The highest BCUT2D eigenvalue weighted by molar-refractivity contribution is 5.98. The number of carbonyl (C=O) groups excluding carboxylic acids is 1. The lowest BCUT2D eigenvalue weighted by Crippen LogP contribution is -2.19. The van der Waals surface area contributed by atoms with Crippen LogP contribution in [0.15, 0.2) is 6.07 Å². The van der Waals surface area contributed by atoms with Gasteiger partial charge >= 0.3 is 0 Å². The quantitative estimate of drug-likeness (QED) is 0.717. The van der Waals surface area contributed by atoms with Gasteiger partial charge in [0.2, 0.25) is 0 Å². The topological polar surface area (TPSA) is 42.9 Å². The maximum Gasteiger partial charge on any atom is 0.167 e. The fraction of sp³-hybridized carbons (Fsp3) is 0.615. The first-order valence-electron chi connectivity index (χ1n) is 6.03. The second-order valence-corrected chi connectivity index (χ2v) is 4.68. The first-order chi connectivity index (χ1) is 7.68. The van der Waals surface area contributed by atoms with Crippen molar-refractivity contribution >= 4 is 5.78 Å². The molecule has 16 heavy (non-hydrogen) atoms. The molecule has 2 rings (SSSR count). The van der Waals surface area contributed by atoms with E-state index in [2.05, 4.69) is 10.2 Å². The monoisotopic (exact) mass is 218 g/mol. The predicted molar refractivity (Wildman–Crippen MR) is 62.4 cm³/mol. The van der Waals surface area contributed by atoms with E-state index in [0.717, 1.165) is 29.8 Å². The largest absolute Gasteiger partial charge is 0.294 e. The van der Waals surface area contributed by atoms with Crippen molar-refractivity contribution in [3.63, 3.8) is 0 Å². The van der Waals surface area contributed by atoms with E-state index in [1.807, 2.05) is 19.9 Å². The number of rotatable bonds is 2. The lowest BCUT2D eigenvalue weighted by Gasteiger charge is -2.20. The zero-order chi connectivity index (χ0) is 11.5. The number of carbonyl (C=O) groups is 1. The Morgan fingerprint density at radius 3 is 2.56 bits per heavy atom. The molecule has 0 N–H and O–H groups in total. The molecular formula is C13H18N2O. The van der Waals surface area contributed by atoms with Crippen LogP contribution in [-0.2, 0) is 0 Å².